The first-order valence-corrected chi connectivity index (χ1v) is 7.75. The van der Waals surface area contributed by atoms with Gasteiger partial charge in [-0.2, -0.15) is 0 Å². The van der Waals surface area contributed by atoms with E-state index in [9.17, 15) is 9.18 Å². The molecule has 0 unspecified atom stereocenters. The molecule has 1 aliphatic rings. The molecule has 0 heterocycles. The van der Waals surface area contributed by atoms with E-state index < -0.39 is 0 Å². The molecule has 0 aliphatic heterocycles. The lowest BCUT2D eigenvalue weighted by atomic mass is 9.97. The fourth-order valence-electron chi connectivity index (χ4n) is 3.07. The second kappa shape index (κ2) is 6.73. The smallest absolute Gasteiger partial charge is 0.150 e. The van der Waals surface area contributed by atoms with Crippen LogP contribution in [0.15, 0.2) is 36.4 Å². The zero-order valence-corrected chi connectivity index (χ0v) is 12.5. The number of benzene rings is 2. The Morgan fingerprint density at radius 3 is 2.64 bits per heavy atom. The Hall–Kier alpha value is -2.16. The molecule has 0 radical (unpaired) electrons. The zero-order chi connectivity index (χ0) is 15.4. The van der Waals surface area contributed by atoms with Crippen LogP contribution in [0.3, 0.4) is 0 Å². The summed E-state index contributed by atoms with van der Waals surface area (Å²) in [5.74, 6) is 0.572. The van der Waals surface area contributed by atoms with Gasteiger partial charge in [-0.1, -0.05) is 18.6 Å². The minimum Gasteiger partial charge on any atom is -0.489 e. The van der Waals surface area contributed by atoms with Gasteiger partial charge in [-0.25, -0.2) is 4.39 Å². The third-order valence-electron chi connectivity index (χ3n) is 4.19. The summed E-state index contributed by atoms with van der Waals surface area (Å²) in [6, 6.07) is 10.1. The molecule has 114 valence electrons. The van der Waals surface area contributed by atoms with Crippen molar-refractivity contribution in [3.8, 4) is 5.75 Å². The number of rotatable bonds is 4. The number of carbonyl (C=O) groups excluding carboxylic acids is 1. The van der Waals surface area contributed by atoms with E-state index in [0.29, 0.717) is 6.61 Å². The highest BCUT2D eigenvalue weighted by atomic mass is 19.1. The second-order valence-corrected chi connectivity index (χ2v) is 5.71. The Bertz CT molecular complexity index is 679. The Labute approximate surface area is 129 Å². The van der Waals surface area contributed by atoms with E-state index in [4.69, 9.17) is 4.74 Å². The van der Waals surface area contributed by atoms with Crippen molar-refractivity contribution in [1.29, 1.82) is 0 Å². The molecule has 0 spiro atoms. The van der Waals surface area contributed by atoms with Crippen molar-refractivity contribution in [2.24, 2.45) is 0 Å². The standard InChI is InChI=1S/C19H19FO2/c20-16-6-4-5-14(11-16)13-22-19-10-9-15(12-21)17-7-2-1-3-8-18(17)19/h4-6,9-12H,1-3,7-8,13H2. The molecule has 0 amide bonds. The minimum absolute atomic E-state index is 0.253. The van der Waals surface area contributed by atoms with E-state index in [1.807, 2.05) is 18.2 Å². The molecule has 0 N–H and O–H groups in total. The molecular weight excluding hydrogens is 279 g/mol. The summed E-state index contributed by atoms with van der Waals surface area (Å²) in [5.41, 5.74) is 3.86. The van der Waals surface area contributed by atoms with E-state index >= 15 is 0 Å². The van der Waals surface area contributed by atoms with Crippen molar-refractivity contribution in [3.05, 3.63) is 64.5 Å². The van der Waals surface area contributed by atoms with Crippen LogP contribution in [-0.2, 0) is 19.4 Å². The highest BCUT2D eigenvalue weighted by molar-refractivity contribution is 5.79. The van der Waals surface area contributed by atoms with E-state index in [1.165, 1.54) is 18.6 Å². The van der Waals surface area contributed by atoms with E-state index in [1.54, 1.807) is 6.07 Å². The van der Waals surface area contributed by atoms with Crippen molar-refractivity contribution in [2.75, 3.05) is 0 Å². The summed E-state index contributed by atoms with van der Waals surface area (Å²) in [4.78, 5) is 11.2. The second-order valence-electron chi connectivity index (χ2n) is 5.71. The van der Waals surface area contributed by atoms with Crippen LogP contribution in [0.2, 0.25) is 0 Å². The Balaban J connectivity index is 1.86. The number of hydrogen-bond acceptors (Lipinski definition) is 2. The summed E-state index contributed by atoms with van der Waals surface area (Å²) in [5, 5.41) is 0. The highest BCUT2D eigenvalue weighted by Gasteiger charge is 2.16. The third-order valence-corrected chi connectivity index (χ3v) is 4.19. The van der Waals surface area contributed by atoms with Crippen molar-refractivity contribution >= 4 is 6.29 Å². The monoisotopic (exact) mass is 298 g/mol. The van der Waals surface area contributed by atoms with Gasteiger partial charge in [0.05, 0.1) is 0 Å². The molecule has 0 atom stereocenters. The first kappa shape index (κ1) is 14.8. The van der Waals surface area contributed by atoms with Crippen LogP contribution in [0.25, 0.3) is 0 Å². The summed E-state index contributed by atoms with van der Waals surface area (Å²) < 4.78 is 19.1. The molecule has 0 aromatic heterocycles. The van der Waals surface area contributed by atoms with Crippen molar-refractivity contribution in [2.45, 2.75) is 38.7 Å². The van der Waals surface area contributed by atoms with E-state index in [0.717, 1.165) is 60.0 Å². The quantitative estimate of drug-likeness (QED) is 0.614. The average Bonchev–Trinajstić information content (AvgIpc) is 2.79. The van der Waals surface area contributed by atoms with Crippen LogP contribution in [-0.4, -0.2) is 6.29 Å². The maximum atomic E-state index is 13.2. The summed E-state index contributed by atoms with van der Waals surface area (Å²) >= 11 is 0. The Kier molecular flexibility index (Phi) is 4.52. The van der Waals surface area contributed by atoms with Gasteiger partial charge in [-0.15, -0.1) is 0 Å². The predicted octanol–water partition coefficient (Wildman–Crippen LogP) is 4.49. The predicted molar refractivity (Wildman–Crippen MR) is 83.8 cm³/mol. The first-order chi connectivity index (χ1) is 10.8. The molecule has 0 bridgehead atoms. The molecule has 0 saturated heterocycles. The molecule has 3 heteroatoms. The molecule has 0 saturated carbocycles. The molecule has 2 aromatic rings. The third kappa shape index (κ3) is 3.19. The topological polar surface area (TPSA) is 26.3 Å². The van der Waals surface area contributed by atoms with E-state index in [2.05, 4.69) is 0 Å². The SMILES string of the molecule is O=Cc1ccc(OCc2cccc(F)c2)c2c1CCCCC2. The van der Waals surface area contributed by atoms with Crippen LogP contribution in [0.1, 0.15) is 46.3 Å². The van der Waals surface area contributed by atoms with Crippen LogP contribution in [0.4, 0.5) is 4.39 Å². The number of aldehydes is 1. The highest BCUT2D eigenvalue weighted by Crippen LogP contribution is 2.31. The van der Waals surface area contributed by atoms with Gasteiger partial charge in [0.2, 0.25) is 0 Å². The van der Waals surface area contributed by atoms with Crippen LogP contribution in [0.5, 0.6) is 5.75 Å². The van der Waals surface area contributed by atoms with Gasteiger partial charge in [-0.05, 0) is 66.6 Å². The van der Waals surface area contributed by atoms with Gasteiger partial charge in [0.25, 0.3) is 0 Å². The molecule has 22 heavy (non-hydrogen) atoms. The largest absolute Gasteiger partial charge is 0.489 e. The van der Waals surface area contributed by atoms with Crippen molar-refractivity contribution < 1.29 is 13.9 Å². The van der Waals surface area contributed by atoms with Gasteiger partial charge >= 0.3 is 0 Å². The maximum absolute atomic E-state index is 13.2. The molecular formula is C19H19FO2. The normalized spacial score (nSPS) is 14.0. The average molecular weight is 298 g/mol. The lowest BCUT2D eigenvalue weighted by molar-refractivity contribution is 0.112. The minimum atomic E-state index is -0.253. The summed E-state index contributed by atoms with van der Waals surface area (Å²) in [6.07, 6.45) is 6.21. The number of halogens is 1. The zero-order valence-electron chi connectivity index (χ0n) is 12.5. The molecule has 3 rings (SSSR count). The number of carbonyl (C=O) groups is 1. The Morgan fingerprint density at radius 2 is 1.86 bits per heavy atom. The molecule has 1 aliphatic carbocycles. The van der Waals surface area contributed by atoms with Gasteiger partial charge in [0, 0.05) is 5.56 Å². The lowest BCUT2D eigenvalue weighted by Gasteiger charge is -2.15. The van der Waals surface area contributed by atoms with Crippen molar-refractivity contribution in [3.63, 3.8) is 0 Å². The van der Waals surface area contributed by atoms with Crippen molar-refractivity contribution in [1.82, 2.24) is 0 Å². The van der Waals surface area contributed by atoms with Crippen LogP contribution in [0, 0.1) is 5.82 Å². The molecule has 2 nitrogen and oxygen atoms in total. The fraction of sp³-hybridized carbons (Fsp3) is 0.316. The number of fused-ring (bicyclic) bond motifs is 1. The van der Waals surface area contributed by atoms with Gasteiger partial charge in [0.15, 0.2) is 0 Å². The van der Waals surface area contributed by atoms with Gasteiger partial charge in [-0.3, -0.25) is 4.79 Å². The summed E-state index contributed by atoms with van der Waals surface area (Å²) in [7, 11) is 0. The first-order valence-electron chi connectivity index (χ1n) is 7.75. The Morgan fingerprint density at radius 1 is 1.05 bits per heavy atom. The van der Waals surface area contributed by atoms with Gasteiger partial charge < -0.3 is 4.74 Å². The lowest BCUT2D eigenvalue weighted by Crippen LogP contribution is -2.04. The number of hydrogen-bond donors (Lipinski definition) is 0. The van der Waals surface area contributed by atoms with Crippen LogP contribution >= 0.6 is 0 Å². The molecule has 2 aromatic carbocycles. The van der Waals surface area contributed by atoms with Gasteiger partial charge in [0.1, 0.15) is 24.5 Å². The maximum Gasteiger partial charge on any atom is 0.150 e. The molecule has 0 fully saturated rings. The fourth-order valence-corrected chi connectivity index (χ4v) is 3.07. The summed E-state index contributed by atoms with van der Waals surface area (Å²) in [6.45, 7) is 0.338. The van der Waals surface area contributed by atoms with E-state index in [-0.39, 0.29) is 5.82 Å². The van der Waals surface area contributed by atoms with Crippen LogP contribution < -0.4 is 4.74 Å². The number of ether oxygens (including phenoxy) is 1.